The zero-order valence-corrected chi connectivity index (χ0v) is 15.0. The molecule has 0 bridgehead atoms. The fourth-order valence-corrected chi connectivity index (χ4v) is 3.47. The number of ether oxygens (including phenoxy) is 1. The third-order valence-electron chi connectivity index (χ3n) is 3.19. The number of benzene rings is 1. The summed E-state index contributed by atoms with van der Waals surface area (Å²) in [6.45, 7) is 1.57. The van der Waals surface area contributed by atoms with Gasteiger partial charge in [-0.3, -0.25) is 10.1 Å². The lowest BCUT2D eigenvalue weighted by Gasteiger charge is -2.08. The molecule has 0 aliphatic carbocycles. The molecule has 0 amide bonds. The first-order chi connectivity index (χ1) is 12.4. The van der Waals surface area contributed by atoms with E-state index in [9.17, 15) is 19.7 Å². The van der Waals surface area contributed by atoms with Crippen molar-refractivity contribution in [2.24, 2.45) is 0 Å². The molecular formula is C17H11NO6S2. The van der Waals surface area contributed by atoms with E-state index in [0.717, 1.165) is 11.8 Å². The summed E-state index contributed by atoms with van der Waals surface area (Å²) < 4.78 is 10.5. The summed E-state index contributed by atoms with van der Waals surface area (Å²) in [5.41, 5.74) is -0.711. The molecule has 0 fully saturated rings. The zero-order chi connectivity index (χ0) is 18.7. The summed E-state index contributed by atoms with van der Waals surface area (Å²) >= 11 is 2.23. The highest BCUT2D eigenvalue weighted by Gasteiger charge is 2.18. The van der Waals surface area contributed by atoms with Gasteiger partial charge in [0.05, 0.1) is 4.92 Å². The summed E-state index contributed by atoms with van der Waals surface area (Å²) in [5.74, 6) is -0.187. The highest BCUT2D eigenvalue weighted by atomic mass is 32.2. The first-order valence-electron chi connectivity index (χ1n) is 7.27. The number of thiophene rings is 1. The second-order valence-corrected chi connectivity index (χ2v) is 7.09. The molecule has 0 N–H and O–H groups in total. The fraction of sp³-hybridized carbons (Fsp3) is 0.0588. The van der Waals surface area contributed by atoms with E-state index in [2.05, 4.69) is 0 Å². The second-order valence-electron chi connectivity index (χ2n) is 5.06. The molecule has 0 saturated heterocycles. The number of carbonyl (C=O) groups is 1. The van der Waals surface area contributed by atoms with Gasteiger partial charge in [0.25, 0.3) is 5.69 Å². The minimum atomic E-state index is -0.651. The van der Waals surface area contributed by atoms with Crippen LogP contribution in [-0.4, -0.2) is 10.9 Å². The molecule has 0 spiro atoms. The SMILES string of the molecule is Cc1cc(OC(=O)c2cccs2)c(Sc2ccc([N+](=O)[O-])cc2)c(=O)o1. The van der Waals surface area contributed by atoms with E-state index in [4.69, 9.17) is 9.15 Å². The molecule has 9 heteroatoms. The number of carbonyl (C=O) groups excluding carboxylic acids is 1. The maximum absolute atomic E-state index is 12.2. The molecule has 3 aromatic rings. The van der Waals surface area contributed by atoms with Crippen molar-refractivity contribution in [2.45, 2.75) is 16.7 Å². The number of aryl methyl sites for hydroxylation is 1. The van der Waals surface area contributed by atoms with Gasteiger partial charge in [-0.2, -0.15) is 0 Å². The first kappa shape index (κ1) is 17.9. The van der Waals surface area contributed by atoms with E-state index >= 15 is 0 Å². The van der Waals surface area contributed by atoms with Crippen LogP contribution in [0.15, 0.2) is 66.8 Å². The fourth-order valence-electron chi connectivity index (χ4n) is 2.04. The number of nitro groups is 1. The van der Waals surface area contributed by atoms with E-state index in [0.29, 0.717) is 15.5 Å². The third-order valence-corrected chi connectivity index (χ3v) is 5.12. The van der Waals surface area contributed by atoms with Gasteiger partial charge in [-0.05, 0) is 30.5 Å². The third kappa shape index (κ3) is 4.01. The lowest BCUT2D eigenvalue weighted by atomic mass is 10.3. The van der Waals surface area contributed by atoms with Crippen LogP contribution in [0.3, 0.4) is 0 Å². The molecule has 2 aromatic heterocycles. The summed E-state index contributed by atoms with van der Waals surface area (Å²) in [6.07, 6.45) is 0. The van der Waals surface area contributed by atoms with Crippen LogP contribution in [0, 0.1) is 17.0 Å². The second kappa shape index (κ2) is 7.54. The van der Waals surface area contributed by atoms with Crippen LogP contribution in [0.1, 0.15) is 15.4 Å². The maximum Gasteiger partial charge on any atom is 0.353 e. The standard InChI is InChI=1S/C17H11NO6S2/c1-10-9-13(24-16(19)14-3-2-8-25-14)15(17(20)23-10)26-12-6-4-11(5-7-12)18(21)22/h2-9H,1H3. The lowest BCUT2D eigenvalue weighted by molar-refractivity contribution is -0.384. The Morgan fingerprint density at radius 2 is 2.00 bits per heavy atom. The van der Waals surface area contributed by atoms with Gasteiger partial charge in [-0.15, -0.1) is 11.3 Å². The number of non-ortho nitro benzene ring substituents is 1. The Balaban J connectivity index is 1.92. The molecule has 26 heavy (non-hydrogen) atoms. The van der Waals surface area contributed by atoms with Crippen LogP contribution in [0.5, 0.6) is 5.75 Å². The Kier molecular flexibility index (Phi) is 5.19. The lowest BCUT2D eigenvalue weighted by Crippen LogP contribution is -2.12. The minimum absolute atomic E-state index is 0.0605. The van der Waals surface area contributed by atoms with Gasteiger partial charge in [0, 0.05) is 23.1 Å². The number of esters is 1. The smallest absolute Gasteiger partial charge is 0.353 e. The molecule has 7 nitrogen and oxygen atoms in total. The van der Waals surface area contributed by atoms with Crippen molar-refractivity contribution in [1.82, 2.24) is 0 Å². The molecule has 0 atom stereocenters. The van der Waals surface area contributed by atoms with Gasteiger partial charge in [0.1, 0.15) is 15.5 Å². The van der Waals surface area contributed by atoms with Crippen molar-refractivity contribution >= 4 is 34.8 Å². The highest BCUT2D eigenvalue weighted by Crippen LogP contribution is 2.34. The average molecular weight is 389 g/mol. The van der Waals surface area contributed by atoms with E-state index in [-0.39, 0.29) is 16.3 Å². The van der Waals surface area contributed by atoms with E-state index in [1.165, 1.54) is 41.7 Å². The van der Waals surface area contributed by atoms with E-state index in [1.54, 1.807) is 24.4 Å². The molecule has 1 aromatic carbocycles. The Labute approximate surface area is 155 Å². The summed E-state index contributed by atoms with van der Waals surface area (Å²) in [4.78, 5) is 35.7. The topological polar surface area (TPSA) is 99.6 Å². The maximum atomic E-state index is 12.2. The molecule has 0 unspecified atom stereocenters. The van der Waals surface area contributed by atoms with Crippen molar-refractivity contribution in [3.63, 3.8) is 0 Å². The number of nitrogens with zero attached hydrogens (tertiary/aromatic N) is 1. The van der Waals surface area contributed by atoms with Crippen LogP contribution >= 0.6 is 23.1 Å². The number of rotatable bonds is 5. The van der Waals surface area contributed by atoms with E-state index in [1.807, 2.05) is 0 Å². The Morgan fingerprint density at radius 3 is 2.62 bits per heavy atom. The molecule has 0 aliphatic rings. The highest BCUT2D eigenvalue weighted by molar-refractivity contribution is 7.99. The van der Waals surface area contributed by atoms with Crippen LogP contribution in [0.2, 0.25) is 0 Å². The van der Waals surface area contributed by atoms with E-state index < -0.39 is 16.5 Å². The van der Waals surface area contributed by atoms with Gasteiger partial charge in [0.15, 0.2) is 5.75 Å². The summed E-state index contributed by atoms with van der Waals surface area (Å²) in [7, 11) is 0. The molecule has 3 rings (SSSR count). The quantitative estimate of drug-likeness (QED) is 0.364. The molecule has 0 aliphatic heterocycles. The monoisotopic (exact) mass is 389 g/mol. The molecular weight excluding hydrogens is 378 g/mol. The first-order valence-corrected chi connectivity index (χ1v) is 8.96. The van der Waals surface area contributed by atoms with Crippen molar-refractivity contribution < 1.29 is 18.9 Å². The predicted molar refractivity (Wildman–Crippen MR) is 96.2 cm³/mol. The number of hydrogen-bond acceptors (Lipinski definition) is 8. The average Bonchev–Trinajstić information content (AvgIpc) is 3.13. The predicted octanol–water partition coefficient (Wildman–Crippen LogP) is 4.29. The molecule has 132 valence electrons. The Bertz CT molecular complexity index is 1010. The van der Waals surface area contributed by atoms with Gasteiger partial charge < -0.3 is 9.15 Å². The minimum Gasteiger partial charge on any atom is -0.427 e. The Hall–Kier alpha value is -2.91. The van der Waals surface area contributed by atoms with Gasteiger partial charge >= 0.3 is 11.6 Å². The van der Waals surface area contributed by atoms with Crippen molar-refractivity contribution in [3.8, 4) is 5.75 Å². The zero-order valence-electron chi connectivity index (χ0n) is 13.3. The van der Waals surface area contributed by atoms with Crippen molar-refractivity contribution in [3.05, 3.63) is 79.0 Å². The molecule has 2 heterocycles. The Morgan fingerprint density at radius 1 is 1.27 bits per heavy atom. The molecule has 0 radical (unpaired) electrons. The summed E-state index contributed by atoms with van der Waals surface area (Å²) in [5, 5.41) is 12.5. The van der Waals surface area contributed by atoms with Crippen LogP contribution < -0.4 is 10.4 Å². The largest absolute Gasteiger partial charge is 0.427 e. The van der Waals surface area contributed by atoms with Gasteiger partial charge in [-0.25, -0.2) is 9.59 Å². The van der Waals surface area contributed by atoms with Crippen LogP contribution in [0.25, 0.3) is 0 Å². The normalized spacial score (nSPS) is 10.5. The number of hydrogen-bond donors (Lipinski definition) is 0. The summed E-state index contributed by atoms with van der Waals surface area (Å²) in [6, 6.07) is 10.5. The van der Waals surface area contributed by atoms with Crippen LogP contribution in [-0.2, 0) is 0 Å². The molecule has 0 saturated carbocycles. The van der Waals surface area contributed by atoms with Crippen molar-refractivity contribution in [1.29, 1.82) is 0 Å². The van der Waals surface area contributed by atoms with Crippen molar-refractivity contribution in [2.75, 3.05) is 0 Å². The van der Waals surface area contributed by atoms with Gasteiger partial charge in [0.2, 0.25) is 0 Å². The number of nitro benzene ring substituents is 1. The van der Waals surface area contributed by atoms with Crippen LogP contribution in [0.4, 0.5) is 5.69 Å². The van der Waals surface area contributed by atoms with Gasteiger partial charge in [-0.1, -0.05) is 17.8 Å².